The van der Waals surface area contributed by atoms with Gasteiger partial charge in [0.2, 0.25) is 0 Å². The predicted octanol–water partition coefficient (Wildman–Crippen LogP) is 3.08. The summed E-state index contributed by atoms with van der Waals surface area (Å²) in [5, 5.41) is 12.4. The van der Waals surface area contributed by atoms with Crippen LogP contribution in [-0.4, -0.2) is 5.91 Å². The van der Waals surface area contributed by atoms with Gasteiger partial charge in [-0.05, 0) is 25.5 Å². The molecule has 0 aliphatic rings. The number of furan rings is 1. The van der Waals surface area contributed by atoms with Crippen LogP contribution in [0.25, 0.3) is 0 Å². The van der Waals surface area contributed by atoms with E-state index in [0.717, 1.165) is 10.4 Å². The van der Waals surface area contributed by atoms with Gasteiger partial charge >= 0.3 is 0 Å². The van der Waals surface area contributed by atoms with Crippen LogP contribution in [0.2, 0.25) is 0 Å². The molecular formula is C12H10N2O2S. The van der Waals surface area contributed by atoms with Gasteiger partial charge in [-0.3, -0.25) is 4.79 Å². The van der Waals surface area contributed by atoms with E-state index in [1.807, 2.05) is 13.8 Å². The number of rotatable bonds is 2. The third-order valence-corrected chi connectivity index (χ3v) is 3.63. The van der Waals surface area contributed by atoms with E-state index in [4.69, 9.17) is 9.68 Å². The highest BCUT2D eigenvalue weighted by molar-refractivity contribution is 7.16. The third-order valence-electron chi connectivity index (χ3n) is 2.51. The maximum Gasteiger partial charge on any atom is 0.259 e. The molecule has 0 unspecified atom stereocenters. The number of carbonyl (C=O) groups excluding carboxylic acids is 1. The second-order valence-corrected chi connectivity index (χ2v) is 4.79. The Balaban J connectivity index is 2.29. The molecule has 86 valence electrons. The Bertz CT molecular complexity index is 591. The highest BCUT2D eigenvalue weighted by Gasteiger charge is 2.15. The molecule has 2 heterocycles. The van der Waals surface area contributed by atoms with Crippen LogP contribution in [0.5, 0.6) is 0 Å². The van der Waals surface area contributed by atoms with Crippen LogP contribution < -0.4 is 5.32 Å². The fraction of sp³-hybridized carbons (Fsp3) is 0.167. The Morgan fingerprint density at radius 1 is 1.53 bits per heavy atom. The van der Waals surface area contributed by atoms with E-state index in [-0.39, 0.29) is 5.91 Å². The van der Waals surface area contributed by atoms with Crippen LogP contribution in [0.15, 0.2) is 23.0 Å². The Morgan fingerprint density at radius 2 is 2.29 bits per heavy atom. The summed E-state index contributed by atoms with van der Waals surface area (Å²) < 4.78 is 4.84. The van der Waals surface area contributed by atoms with Crippen molar-refractivity contribution >= 4 is 22.2 Å². The van der Waals surface area contributed by atoms with E-state index < -0.39 is 0 Å². The average Bonchev–Trinajstić information content (AvgIpc) is 2.89. The number of nitriles is 1. The molecule has 0 radical (unpaired) electrons. The van der Waals surface area contributed by atoms with Gasteiger partial charge in [-0.25, -0.2) is 0 Å². The second kappa shape index (κ2) is 4.44. The molecule has 17 heavy (non-hydrogen) atoms. The molecule has 2 rings (SSSR count). The van der Waals surface area contributed by atoms with Gasteiger partial charge < -0.3 is 9.73 Å². The molecule has 1 amide bonds. The number of nitrogens with one attached hydrogen (secondary N) is 1. The van der Waals surface area contributed by atoms with Crippen molar-refractivity contribution in [3.8, 4) is 6.07 Å². The van der Waals surface area contributed by atoms with Gasteiger partial charge in [0.1, 0.15) is 17.3 Å². The number of hydrogen-bond acceptors (Lipinski definition) is 4. The van der Waals surface area contributed by atoms with Crippen LogP contribution in [0, 0.1) is 25.2 Å². The summed E-state index contributed by atoms with van der Waals surface area (Å²) in [6, 6.07) is 3.69. The number of amides is 1. The van der Waals surface area contributed by atoms with Crippen molar-refractivity contribution in [2.24, 2.45) is 0 Å². The molecule has 0 saturated carbocycles. The van der Waals surface area contributed by atoms with Crippen molar-refractivity contribution in [3.05, 3.63) is 40.2 Å². The first kappa shape index (κ1) is 11.4. The first-order chi connectivity index (χ1) is 8.13. The quantitative estimate of drug-likeness (QED) is 0.885. The number of hydrogen-bond donors (Lipinski definition) is 1. The Labute approximate surface area is 102 Å². The van der Waals surface area contributed by atoms with Crippen LogP contribution >= 0.6 is 11.3 Å². The Hall–Kier alpha value is -2.06. The molecule has 0 spiro atoms. The number of aryl methyl sites for hydroxylation is 1. The van der Waals surface area contributed by atoms with Crippen LogP contribution in [-0.2, 0) is 0 Å². The van der Waals surface area contributed by atoms with Gasteiger partial charge in [0, 0.05) is 4.88 Å². The van der Waals surface area contributed by atoms with Crippen LogP contribution in [0.1, 0.15) is 26.4 Å². The van der Waals surface area contributed by atoms with Crippen molar-refractivity contribution in [2.45, 2.75) is 13.8 Å². The first-order valence-corrected chi connectivity index (χ1v) is 5.78. The average molecular weight is 246 g/mol. The minimum atomic E-state index is -0.267. The number of nitrogens with zero attached hydrogens (tertiary/aromatic N) is 1. The zero-order valence-electron chi connectivity index (χ0n) is 9.40. The normalized spacial score (nSPS) is 9.94. The maximum atomic E-state index is 11.8. The van der Waals surface area contributed by atoms with Crippen molar-refractivity contribution < 1.29 is 9.21 Å². The van der Waals surface area contributed by atoms with Crippen molar-refractivity contribution in [1.82, 2.24) is 0 Å². The smallest absolute Gasteiger partial charge is 0.259 e. The molecule has 4 nitrogen and oxygen atoms in total. The monoisotopic (exact) mass is 246 g/mol. The maximum absolute atomic E-state index is 11.8. The van der Waals surface area contributed by atoms with Gasteiger partial charge in [-0.1, -0.05) is 0 Å². The van der Waals surface area contributed by atoms with Gasteiger partial charge in [0.05, 0.1) is 17.4 Å². The standard InChI is InChI=1S/C12H10N2O2S/c1-7-8(2)17-12(10(7)5-13)14-11(15)9-3-4-16-6-9/h3-4,6H,1-2H3,(H,14,15). The van der Waals surface area contributed by atoms with Crippen LogP contribution in [0.3, 0.4) is 0 Å². The molecule has 0 bridgehead atoms. The lowest BCUT2D eigenvalue weighted by Crippen LogP contribution is -2.10. The van der Waals surface area contributed by atoms with E-state index in [0.29, 0.717) is 16.1 Å². The molecule has 1 N–H and O–H groups in total. The minimum Gasteiger partial charge on any atom is -0.472 e. The fourth-order valence-electron chi connectivity index (χ4n) is 1.42. The zero-order valence-corrected chi connectivity index (χ0v) is 10.2. The summed E-state index contributed by atoms with van der Waals surface area (Å²) in [5.74, 6) is -0.267. The SMILES string of the molecule is Cc1sc(NC(=O)c2ccoc2)c(C#N)c1C. The molecular weight excluding hydrogens is 236 g/mol. The lowest BCUT2D eigenvalue weighted by atomic mass is 10.2. The van der Waals surface area contributed by atoms with E-state index in [1.54, 1.807) is 6.07 Å². The molecule has 0 fully saturated rings. The summed E-state index contributed by atoms with van der Waals surface area (Å²) in [6.07, 6.45) is 2.81. The van der Waals surface area contributed by atoms with Gasteiger partial charge in [0.15, 0.2) is 0 Å². The summed E-state index contributed by atoms with van der Waals surface area (Å²) in [4.78, 5) is 12.8. The summed E-state index contributed by atoms with van der Waals surface area (Å²) in [7, 11) is 0. The minimum absolute atomic E-state index is 0.267. The predicted molar refractivity (Wildman–Crippen MR) is 65.2 cm³/mol. The second-order valence-electron chi connectivity index (χ2n) is 3.57. The zero-order chi connectivity index (χ0) is 12.4. The van der Waals surface area contributed by atoms with Gasteiger partial charge in [0.25, 0.3) is 5.91 Å². The third kappa shape index (κ3) is 2.08. The summed E-state index contributed by atoms with van der Waals surface area (Å²) in [6.45, 7) is 3.80. The Morgan fingerprint density at radius 3 is 2.88 bits per heavy atom. The molecule has 0 aromatic carbocycles. The molecule has 0 saturated heterocycles. The van der Waals surface area contributed by atoms with Crippen molar-refractivity contribution in [1.29, 1.82) is 5.26 Å². The van der Waals surface area contributed by atoms with Crippen molar-refractivity contribution in [2.75, 3.05) is 5.32 Å². The van der Waals surface area contributed by atoms with E-state index in [1.165, 1.54) is 23.9 Å². The van der Waals surface area contributed by atoms with Gasteiger partial charge in [-0.15, -0.1) is 11.3 Å². The largest absolute Gasteiger partial charge is 0.472 e. The summed E-state index contributed by atoms with van der Waals surface area (Å²) >= 11 is 1.41. The van der Waals surface area contributed by atoms with Crippen LogP contribution in [0.4, 0.5) is 5.00 Å². The summed E-state index contributed by atoms with van der Waals surface area (Å²) in [5.41, 5.74) is 1.89. The Kier molecular flexibility index (Phi) is 2.98. The lowest BCUT2D eigenvalue weighted by Gasteiger charge is -2.00. The van der Waals surface area contributed by atoms with Gasteiger partial charge in [-0.2, -0.15) is 5.26 Å². The first-order valence-electron chi connectivity index (χ1n) is 4.97. The number of carbonyl (C=O) groups is 1. The van der Waals surface area contributed by atoms with Crippen molar-refractivity contribution in [3.63, 3.8) is 0 Å². The van der Waals surface area contributed by atoms with E-state index in [9.17, 15) is 4.79 Å². The molecule has 2 aromatic heterocycles. The lowest BCUT2D eigenvalue weighted by molar-refractivity contribution is 0.102. The molecule has 0 aliphatic carbocycles. The van der Waals surface area contributed by atoms with E-state index in [2.05, 4.69) is 11.4 Å². The highest BCUT2D eigenvalue weighted by Crippen LogP contribution is 2.31. The molecule has 5 heteroatoms. The van der Waals surface area contributed by atoms with E-state index >= 15 is 0 Å². The number of anilines is 1. The molecule has 0 aliphatic heterocycles. The fourth-order valence-corrected chi connectivity index (χ4v) is 2.42. The highest BCUT2D eigenvalue weighted by atomic mass is 32.1. The topological polar surface area (TPSA) is 66.0 Å². The molecule has 0 atom stereocenters. The molecule has 2 aromatic rings. The number of thiophene rings is 1.